The van der Waals surface area contributed by atoms with Gasteiger partial charge in [-0.15, -0.1) is 0 Å². The summed E-state index contributed by atoms with van der Waals surface area (Å²) in [6.45, 7) is 3.83. The van der Waals surface area contributed by atoms with Crippen LogP contribution >= 0.6 is 0 Å². The van der Waals surface area contributed by atoms with Gasteiger partial charge in [-0.3, -0.25) is 24.6 Å². The van der Waals surface area contributed by atoms with Gasteiger partial charge in [0, 0.05) is 42.6 Å². The van der Waals surface area contributed by atoms with Crippen LogP contribution in [-0.4, -0.2) is 47.7 Å². The lowest BCUT2D eigenvalue weighted by Gasteiger charge is -2.15. The number of halogens is 2. The summed E-state index contributed by atoms with van der Waals surface area (Å²) in [5, 5.41) is 2.49. The van der Waals surface area contributed by atoms with Crippen LogP contribution in [0, 0.1) is 24.7 Å². The average Bonchev–Trinajstić information content (AvgIpc) is 3.76. The summed E-state index contributed by atoms with van der Waals surface area (Å²) < 4.78 is 33.0. The molecular weight excluding hydrogens is 506 g/mol. The highest BCUT2D eigenvalue weighted by atomic mass is 19.3. The SMILES string of the molecule is CNC(=O)c1cnc(-n2ccc(C)cc2=O)cc1-c1cc(C(F)F)ncc1OC.CNNC(C)C#CC1CC1. The number of hydrogen-bond donors (Lipinski definition) is 3. The van der Waals surface area contributed by atoms with Gasteiger partial charge in [-0.25, -0.2) is 19.2 Å². The molecule has 1 atom stereocenters. The molecule has 1 aliphatic carbocycles. The predicted octanol–water partition coefficient (Wildman–Crippen LogP) is 3.42. The monoisotopic (exact) mass is 538 g/mol. The van der Waals surface area contributed by atoms with Gasteiger partial charge in [0.25, 0.3) is 17.9 Å². The molecule has 1 fully saturated rings. The number of alkyl halides is 2. The van der Waals surface area contributed by atoms with Gasteiger partial charge in [-0.05, 0) is 57.5 Å². The van der Waals surface area contributed by atoms with Crippen molar-refractivity contribution < 1.29 is 18.3 Å². The Morgan fingerprint density at radius 2 is 1.90 bits per heavy atom. The number of rotatable bonds is 7. The fourth-order valence-corrected chi connectivity index (χ4v) is 3.56. The molecule has 1 amide bonds. The molecule has 4 rings (SSSR count). The topological polar surface area (TPSA) is 110 Å². The van der Waals surface area contributed by atoms with Crippen LogP contribution < -0.4 is 26.5 Å². The van der Waals surface area contributed by atoms with Gasteiger partial charge in [-0.1, -0.05) is 11.8 Å². The van der Waals surface area contributed by atoms with Crippen molar-refractivity contribution in [1.29, 1.82) is 0 Å². The quantitative estimate of drug-likeness (QED) is 0.312. The Bertz CT molecular complexity index is 1430. The van der Waals surface area contributed by atoms with E-state index in [0.717, 1.165) is 11.6 Å². The summed E-state index contributed by atoms with van der Waals surface area (Å²) in [4.78, 5) is 32.6. The number of carbonyl (C=O) groups is 1. The zero-order valence-corrected chi connectivity index (χ0v) is 22.5. The molecule has 1 unspecified atom stereocenters. The summed E-state index contributed by atoms with van der Waals surface area (Å²) in [7, 11) is 4.67. The highest BCUT2D eigenvalue weighted by molar-refractivity contribution is 6.01. The highest BCUT2D eigenvalue weighted by Crippen LogP contribution is 2.35. The van der Waals surface area contributed by atoms with E-state index in [9.17, 15) is 18.4 Å². The molecule has 11 heteroatoms. The van der Waals surface area contributed by atoms with Gasteiger partial charge < -0.3 is 10.1 Å². The number of amides is 1. The van der Waals surface area contributed by atoms with Gasteiger partial charge >= 0.3 is 0 Å². The molecule has 3 aromatic rings. The van der Waals surface area contributed by atoms with Gasteiger partial charge in [0.15, 0.2) is 0 Å². The minimum atomic E-state index is -2.80. The van der Waals surface area contributed by atoms with Crippen LogP contribution in [0.25, 0.3) is 16.9 Å². The average molecular weight is 539 g/mol. The first-order chi connectivity index (χ1) is 18.7. The first-order valence-corrected chi connectivity index (χ1v) is 12.4. The third-order valence-electron chi connectivity index (χ3n) is 5.75. The first kappa shape index (κ1) is 29.4. The normalized spacial score (nSPS) is 13.0. The van der Waals surface area contributed by atoms with E-state index in [1.54, 1.807) is 19.2 Å². The zero-order valence-electron chi connectivity index (χ0n) is 22.5. The summed E-state index contributed by atoms with van der Waals surface area (Å²) in [6, 6.07) is 6.08. The minimum absolute atomic E-state index is 0.140. The van der Waals surface area contributed by atoms with E-state index >= 15 is 0 Å². The van der Waals surface area contributed by atoms with Crippen LogP contribution in [-0.2, 0) is 0 Å². The van der Waals surface area contributed by atoms with Crippen molar-refractivity contribution in [1.82, 2.24) is 30.7 Å². The van der Waals surface area contributed by atoms with Crippen LogP contribution in [0.2, 0.25) is 0 Å². The summed E-state index contributed by atoms with van der Waals surface area (Å²) in [5.74, 6) is 6.99. The van der Waals surface area contributed by atoms with Gasteiger partial charge in [0.1, 0.15) is 17.3 Å². The van der Waals surface area contributed by atoms with E-state index in [4.69, 9.17) is 4.74 Å². The Hall–Kier alpha value is -4.14. The molecule has 1 saturated carbocycles. The van der Waals surface area contributed by atoms with E-state index in [1.165, 1.54) is 56.1 Å². The number of hydrogen-bond acceptors (Lipinski definition) is 7. The molecule has 3 heterocycles. The molecule has 3 N–H and O–H groups in total. The summed E-state index contributed by atoms with van der Waals surface area (Å²) in [5.41, 5.74) is 6.53. The van der Waals surface area contributed by atoms with Crippen molar-refractivity contribution in [2.45, 2.75) is 39.2 Å². The maximum Gasteiger partial charge on any atom is 0.280 e. The van der Waals surface area contributed by atoms with Gasteiger partial charge in [-0.2, -0.15) is 0 Å². The Morgan fingerprint density at radius 1 is 1.15 bits per heavy atom. The van der Waals surface area contributed by atoms with E-state index in [0.29, 0.717) is 5.92 Å². The molecule has 0 aromatic carbocycles. The van der Waals surface area contributed by atoms with Crippen molar-refractivity contribution in [2.24, 2.45) is 5.92 Å². The molecule has 3 aromatic heterocycles. The number of nitrogens with zero attached hydrogens (tertiary/aromatic N) is 3. The smallest absolute Gasteiger partial charge is 0.280 e. The lowest BCUT2D eigenvalue weighted by Crippen LogP contribution is -2.35. The number of nitrogens with one attached hydrogen (secondary N) is 3. The molecule has 9 nitrogen and oxygen atoms in total. The van der Waals surface area contributed by atoms with E-state index < -0.39 is 18.0 Å². The largest absolute Gasteiger partial charge is 0.494 e. The fourth-order valence-electron chi connectivity index (χ4n) is 3.56. The number of pyridine rings is 3. The van der Waals surface area contributed by atoms with Crippen LogP contribution in [0.4, 0.5) is 8.78 Å². The van der Waals surface area contributed by atoms with Crippen LogP contribution in [0.1, 0.15) is 47.8 Å². The van der Waals surface area contributed by atoms with Crippen LogP contribution in [0.5, 0.6) is 5.75 Å². The van der Waals surface area contributed by atoms with E-state index in [1.807, 2.05) is 14.0 Å². The minimum Gasteiger partial charge on any atom is -0.494 e. The van der Waals surface area contributed by atoms with Crippen molar-refractivity contribution >= 4 is 5.91 Å². The Morgan fingerprint density at radius 3 is 2.49 bits per heavy atom. The standard InChI is InChI=1S/C20H18F2N4O3.C8H14N2/c1-11-4-5-26(18(27)6-11)17-8-12(14(9-25-17)20(28)23-2)13-7-15(19(21)22)24-10-16(13)29-3;1-7(10-9-2)3-4-8-5-6-8/h4-10,19H,1-3H3,(H,23,28);7-10H,5-6H2,1-2H3. The second-order valence-corrected chi connectivity index (χ2v) is 8.87. The van der Waals surface area contributed by atoms with Crippen molar-refractivity contribution in [3.8, 4) is 34.5 Å². The number of methoxy groups -OCH3 is 1. The zero-order chi connectivity index (χ0) is 28.5. The summed E-state index contributed by atoms with van der Waals surface area (Å²) >= 11 is 0. The van der Waals surface area contributed by atoms with Crippen LogP contribution in [0.3, 0.4) is 0 Å². The second kappa shape index (κ2) is 13.6. The summed E-state index contributed by atoms with van der Waals surface area (Å²) in [6.07, 6.45) is 3.82. The first-order valence-electron chi connectivity index (χ1n) is 12.4. The Balaban J connectivity index is 0.000000353. The molecule has 0 saturated heterocycles. The molecular formula is C28H32F2N6O3. The molecule has 1 aliphatic rings. The number of hydrazine groups is 1. The molecule has 0 spiro atoms. The number of aromatic nitrogens is 3. The van der Waals surface area contributed by atoms with E-state index in [-0.39, 0.29) is 39.9 Å². The van der Waals surface area contributed by atoms with Gasteiger partial charge in [0.05, 0.1) is 24.9 Å². The van der Waals surface area contributed by atoms with Gasteiger partial charge in [0.2, 0.25) is 0 Å². The van der Waals surface area contributed by atoms with Crippen molar-refractivity contribution in [3.05, 3.63) is 70.0 Å². The Kier molecular flexibility index (Phi) is 10.3. The maximum atomic E-state index is 13.2. The number of carbonyl (C=O) groups excluding carboxylic acids is 1. The number of ether oxygens (including phenoxy) is 1. The van der Waals surface area contributed by atoms with Crippen LogP contribution in [0.15, 0.2) is 47.7 Å². The van der Waals surface area contributed by atoms with E-state index in [2.05, 4.69) is 38.0 Å². The maximum absolute atomic E-state index is 13.2. The second-order valence-electron chi connectivity index (χ2n) is 8.87. The Labute approximate surface area is 226 Å². The van der Waals surface area contributed by atoms with Crippen molar-refractivity contribution in [2.75, 3.05) is 21.2 Å². The third kappa shape index (κ3) is 7.92. The number of aryl methyl sites for hydroxylation is 1. The van der Waals surface area contributed by atoms with Crippen molar-refractivity contribution in [3.63, 3.8) is 0 Å². The lowest BCUT2D eigenvalue weighted by molar-refractivity contribution is 0.0963. The molecule has 0 bridgehead atoms. The molecule has 0 radical (unpaired) electrons. The molecule has 206 valence electrons. The lowest BCUT2D eigenvalue weighted by atomic mass is 10.00. The molecule has 0 aliphatic heterocycles. The predicted molar refractivity (Wildman–Crippen MR) is 145 cm³/mol. The highest BCUT2D eigenvalue weighted by Gasteiger charge is 2.21. The molecule has 39 heavy (non-hydrogen) atoms. The fraction of sp³-hybridized carbons (Fsp3) is 0.357. The third-order valence-corrected chi connectivity index (χ3v) is 5.75.